The van der Waals surface area contributed by atoms with E-state index in [1.807, 2.05) is 18.2 Å². The van der Waals surface area contributed by atoms with Gasteiger partial charge in [0.15, 0.2) is 11.5 Å². The highest BCUT2D eigenvalue weighted by Gasteiger charge is 2.11. The largest absolute Gasteiger partial charge is 0.486 e. The molecule has 0 unspecified atom stereocenters. The number of amides is 1. The number of nitrogens with one attached hydrogen (secondary N) is 1. The molecular weight excluding hydrogens is 270 g/mol. The molecule has 0 aliphatic carbocycles. The van der Waals surface area contributed by atoms with Crippen LogP contribution in [0.3, 0.4) is 0 Å². The summed E-state index contributed by atoms with van der Waals surface area (Å²) in [6.07, 6.45) is 4.63. The fourth-order valence-corrected chi connectivity index (χ4v) is 1.99. The zero-order valence-electron chi connectivity index (χ0n) is 11.4. The van der Waals surface area contributed by atoms with Crippen molar-refractivity contribution < 1.29 is 18.7 Å². The van der Waals surface area contributed by atoms with Gasteiger partial charge in [-0.25, -0.2) is 0 Å². The molecule has 0 spiro atoms. The fourth-order valence-electron chi connectivity index (χ4n) is 1.99. The summed E-state index contributed by atoms with van der Waals surface area (Å²) in [6.45, 7) is 1.55. The normalized spacial score (nSPS) is 13.3. The highest BCUT2D eigenvalue weighted by atomic mass is 16.6. The first kappa shape index (κ1) is 13.3. The Bertz CT molecular complexity index is 646. The van der Waals surface area contributed by atoms with Gasteiger partial charge in [-0.3, -0.25) is 4.79 Å². The van der Waals surface area contributed by atoms with Crippen LogP contribution in [-0.4, -0.2) is 19.1 Å². The first-order valence-corrected chi connectivity index (χ1v) is 6.69. The van der Waals surface area contributed by atoms with Crippen LogP contribution in [0.25, 0.3) is 6.08 Å². The third-order valence-corrected chi connectivity index (χ3v) is 3.02. The average molecular weight is 285 g/mol. The first-order chi connectivity index (χ1) is 10.3. The molecule has 1 aromatic carbocycles. The fraction of sp³-hybridized carbons (Fsp3) is 0.188. The van der Waals surface area contributed by atoms with Crippen molar-refractivity contribution in [2.24, 2.45) is 0 Å². The van der Waals surface area contributed by atoms with Gasteiger partial charge in [0, 0.05) is 12.6 Å². The SMILES string of the molecule is O=C(/C=C/c1ccco1)NCc1ccc2c(c1)OCCO2. The molecule has 1 aromatic heterocycles. The van der Waals surface area contributed by atoms with E-state index >= 15 is 0 Å². The molecule has 0 atom stereocenters. The van der Waals surface area contributed by atoms with Crippen molar-refractivity contribution in [1.29, 1.82) is 0 Å². The van der Waals surface area contributed by atoms with Gasteiger partial charge < -0.3 is 19.2 Å². The van der Waals surface area contributed by atoms with Gasteiger partial charge in [0.2, 0.25) is 5.91 Å². The van der Waals surface area contributed by atoms with E-state index < -0.39 is 0 Å². The molecule has 0 saturated carbocycles. The Hall–Kier alpha value is -2.69. The lowest BCUT2D eigenvalue weighted by Gasteiger charge is -2.18. The molecule has 2 heterocycles. The van der Waals surface area contributed by atoms with Crippen LogP contribution in [0.4, 0.5) is 0 Å². The van der Waals surface area contributed by atoms with Gasteiger partial charge >= 0.3 is 0 Å². The lowest BCUT2D eigenvalue weighted by atomic mass is 10.2. The molecule has 1 aliphatic heterocycles. The van der Waals surface area contributed by atoms with Crippen LogP contribution in [0.2, 0.25) is 0 Å². The van der Waals surface area contributed by atoms with Gasteiger partial charge in [0.25, 0.3) is 0 Å². The summed E-state index contributed by atoms with van der Waals surface area (Å²) in [5, 5.41) is 2.80. The number of ether oxygens (including phenoxy) is 2. The molecule has 5 heteroatoms. The number of hydrogen-bond donors (Lipinski definition) is 1. The molecule has 1 aliphatic rings. The summed E-state index contributed by atoms with van der Waals surface area (Å²) in [4.78, 5) is 11.7. The molecule has 0 fully saturated rings. The van der Waals surface area contributed by atoms with Crippen molar-refractivity contribution in [3.05, 3.63) is 54.0 Å². The predicted molar refractivity (Wildman–Crippen MR) is 77.0 cm³/mol. The van der Waals surface area contributed by atoms with Crippen LogP contribution in [0.5, 0.6) is 11.5 Å². The second-order valence-electron chi connectivity index (χ2n) is 4.54. The summed E-state index contributed by atoms with van der Waals surface area (Å²) in [5.74, 6) is 1.93. The third kappa shape index (κ3) is 3.45. The number of fused-ring (bicyclic) bond motifs is 1. The summed E-state index contributed by atoms with van der Waals surface area (Å²) in [5.41, 5.74) is 0.957. The van der Waals surface area contributed by atoms with Gasteiger partial charge in [0.05, 0.1) is 6.26 Å². The zero-order chi connectivity index (χ0) is 14.5. The summed E-state index contributed by atoms with van der Waals surface area (Å²) < 4.78 is 16.1. The van der Waals surface area contributed by atoms with Gasteiger partial charge in [0.1, 0.15) is 19.0 Å². The van der Waals surface area contributed by atoms with Crippen LogP contribution in [-0.2, 0) is 11.3 Å². The van der Waals surface area contributed by atoms with Crippen LogP contribution < -0.4 is 14.8 Å². The Balaban J connectivity index is 1.56. The van der Waals surface area contributed by atoms with Gasteiger partial charge in [-0.15, -0.1) is 0 Å². The van der Waals surface area contributed by atoms with E-state index in [0.29, 0.717) is 25.5 Å². The van der Waals surface area contributed by atoms with Crippen molar-refractivity contribution in [1.82, 2.24) is 5.32 Å². The highest BCUT2D eigenvalue weighted by Crippen LogP contribution is 2.30. The molecule has 108 valence electrons. The molecule has 2 aromatic rings. The van der Waals surface area contributed by atoms with E-state index in [9.17, 15) is 4.79 Å². The molecule has 0 bridgehead atoms. The molecule has 0 radical (unpaired) electrons. The Morgan fingerprint density at radius 3 is 2.86 bits per heavy atom. The van der Waals surface area contributed by atoms with E-state index in [1.54, 1.807) is 24.5 Å². The summed E-state index contributed by atoms with van der Waals surface area (Å²) >= 11 is 0. The molecule has 0 saturated heterocycles. The number of furan rings is 1. The number of carbonyl (C=O) groups is 1. The van der Waals surface area contributed by atoms with Crippen molar-refractivity contribution in [3.63, 3.8) is 0 Å². The summed E-state index contributed by atoms with van der Waals surface area (Å²) in [6, 6.07) is 9.20. The van der Waals surface area contributed by atoms with E-state index in [-0.39, 0.29) is 5.91 Å². The Morgan fingerprint density at radius 2 is 2.05 bits per heavy atom. The molecule has 1 N–H and O–H groups in total. The minimum absolute atomic E-state index is 0.179. The van der Waals surface area contributed by atoms with E-state index in [4.69, 9.17) is 13.9 Å². The number of carbonyl (C=O) groups excluding carboxylic acids is 1. The standard InChI is InChI=1S/C16H15NO4/c18-16(6-4-13-2-1-7-19-13)17-11-12-3-5-14-15(10-12)21-9-8-20-14/h1-7,10H,8-9,11H2,(H,17,18)/b6-4+. The maximum absolute atomic E-state index is 11.7. The van der Waals surface area contributed by atoms with Crippen molar-refractivity contribution in [3.8, 4) is 11.5 Å². The zero-order valence-corrected chi connectivity index (χ0v) is 11.4. The highest BCUT2D eigenvalue weighted by molar-refractivity contribution is 5.91. The van der Waals surface area contributed by atoms with Gasteiger partial charge in [-0.2, -0.15) is 0 Å². The molecule has 1 amide bonds. The van der Waals surface area contributed by atoms with Gasteiger partial charge in [-0.05, 0) is 35.9 Å². The quantitative estimate of drug-likeness (QED) is 0.876. The number of rotatable bonds is 4. The van der Waals surface area contributed by atoms with Crippen LogP contribution in [0.15, 0.2) is 47.1 Å². The van der Waals surface area contributed by atoms with Crippen molar-refractivity contribution in [2.45, 2.75) is 6.54 Å². The van der Waals surface area contributed by atoms with E-state index in [0.717, 1.165) is 17.1 Å². The molecule has 21 heavy (non-hydrogen) atoms. The monoisotopic (exact) mass is 285 g/mol. The van der Waals surface area contributed by atoms with Crippen LogP contribution in [0.1, 0.15) is 11.3 Å². The van der Waals surface area contributed by atoms with E-state index in [1.165, 1.54) is 6.08 Å². The van der Waals surface area contributed by atoms with Crippen LogP contribution >= 0.6 is 0 Å². The van der Waals surface area contributed by atoms with E-state index in [2.05, 4.69) is 5.32 Å². The Morgan fingerprint density at radius 1 is 1.19 bits per heavy atom. The van der Waals surface area contributed by atoms with Crippen molar-refractivity contribution >= 4 is 12.0 Å². The maximum atomic E-state index is 11.7. The molecule has 3 rings (SSSR count). The van der Waals surface area contributed by atoms with Crippen molar-refractivity contribution in [2.75, 3.05) is 13.2 Å². The molecule has 5 nitrogen and oxygen atoms in total. The topological polar surface area (TPSA) is 60.7 Å². The third-order valence-electron chi connectivity index (χ3n) is 3.02. The number of benzene rings is 1. The average Bonchev–Trinajstić information content (AvgIpc) is 3.04. The maximum Gasteiger partial charge on any atom is 0.244 e. The second kappa shape index (κ2) is 6.17. The second-order valence-corrected chi connectivity index (χ2v) is 4.54. The lowest BCUT2D eigenvalue weighted by molar-refractivity contribution is -0.116. The minimum atomic E-state index is -0.179. The first-order valence-electron chi connectivity index (χ1n) is 6.69. The van der Waals surface area contributed by atoms with Crippen LogP contribution in [0, 0.1) is 0 Å². The number of hydrogen-bond acceptors (Lipinski definition) is 4. The predicted octanol–water partition coefficient (Wildman–Crippen LogP) is 2.38. The van der Waals surface area contributed by atoms with Gasteiger partial charge in [-0.1, -0.05) is 6.07 Å². The Labute approximate surface area is 122 Å². The lowest BCUT2D eigenvalue weighted by Crippen LogP contribution is -2.20. The smallest absolute Gasteiger partial charge is 0.244 e. The minimum Gasteiger partial charge on any atom is -0.486 e. The summed E-state index contributed by atoms with van der Waals surface area (Å²) in [7, 11) is 0. The molecular formula is C16H15NO4. The Kier molecular flexibility index (Phi) is 3.91.